The number of aryl methyl sites for hydroxylation is 1. The second kappa shape index (κ2) is 7.02. The van der Waals surface area contributed by atoms with Gasteiger partial charge in [0.1, 0.15) is 23.7 Å². The molecule has 1 aromatic heterocycles. The van der Waals surface area contributed by atoms with Crippen LogP contribution in [0.2, 0.25) is 0 Å². The fraction of sp³-hybridized carbons (Fsp3) is 0.409. The molecule has 4 nitrogen and oxygen atoms in total. The highest BCUT2D eigenvalue weighted by Crippen LogP contribution is 2.42. The number of benzene rings is 1. The Bertz CT molecular complexity index is 945. The molecule has 0 fully saturated rings. The molecule has 0 amide bonds. The van der Waals surface area contributed by atoms with Gasteiger partial charge in [0.25, 0.3) is 0 Å². The fourth-order valence-corrected chi connectivity index (χ4v) is 3.12. The minimum Gasteiger partial charge on any atom is -0.489 e. The minimum absolute atomic E-state index is 0.322. The van der Waals surface area contributed by atoms with Crippen LogP contribution >= 0.6 is 0 Å². The minimum atomic E-state index is -0.602. The molecule has 0 aliphatic carbocycles. The standard InChI is InChI=1S/C22H26O4/c1-6-8-15-12-19(23)25-17-10-9-16-11-18(24-13-14(3)7-2)22(4,5)26-21(16)20(15)17/h7,9-12H,6,8,13H2,1-5H3. The van der Waals surface area contributed by atoms with Crippen LogP contribution in [0.4, 0.5) is 0 Å². The second-order valence-corrected chi connectivity index (χ2v) is 7.24. The summed E-state index contributed by atoms with van der Waals surface area (Å²) in [6.07, 6.45) is 5.81. The topological polar surface area (TPSA) is 48.7 Å². The van der Waals surface area contributed by atoms with E-state index >= 15 is 0 Å². The third-order valence-electron chi connectivity index (χ3n) is 4.68. The summed E-state index contributed by atoms with van der Waals surface area (Å²) in [5, 5.41) is 0.886. The highest BCUT2D eigenvalue weighted by Gasteiger charge is 2.34. The molecule has 1 aliphatic heterocycles. The first-order valence-electron chi connectivity index (χ1n) is 9.11. The van der Waals surface area contributed by atoms with Crippen molar-refractivity contribution < 1.29 is 13.9 Å². The lowest BCUT2D eigenvalue weighted by Crippen LogP contribution is -2.35. The van der Waals surface area contributed by atoms with E-state index in [1.807, 2.05) is 52.0 Å². The summed E-state index contributed by atoms with van der Waals surface area (Å²) in [6.45, 7) is 10.6. The molecule has 0 N–H and O–H groups in total. The maximum atomic E-state index is 11.9. The van der Waals surface area contributed by atoms with E-state index in [4.69, 9.17) is 13.9 Å². The van der Waals surface area contributed by atoms with Crippen molar-refractivity contribution in [1.29, 1.82) is 0 Å². The van der Waals surface area contributed by atoms with Crippen LogP contribution in [0.5, 0.6) is 5.75 Å². The zero-order valence-corrected chi connectivity index (χ0v) is 16.1. The molecule has 0 bridgehead atoms. The molecule has 2 heterocycles. The van der Waals surface area contributed by atoms with Crippen molar-refractivity contribution in [1.82, 2.24) is 0 Å². The van der Waals surface area contributed by atoms with Crippen LogP contribution in [0.1, 0.15) is 52.2 Å². The first-order valence-corrected chi connectivity index (χ1v) is 9.11. The highest BCUT2D eigenvalue weighted by molar-refractivity contribution is 5.91. The van der Waals surface area contributed by atoms with Crippen LogP contribution in [0.15, 0.2) is 44.8 Å². The maximum Gasteiger partial charge on any atom is 0.336 e. The van der Waals surface area contributed by atoms with Crippen molar-refractivity contribution in [2.24, 2.45) is 0 Å². The third kappa shape index (κ3) is 3.41. The average Bonchev–Trinajstić information content (AvgIpc) is 2.58. The lowest BCUT2D eigenvalue weighted by Gasteiger charge is -2.34. The normalized spacial score (nSPS) is 16.0. The van der Waals surface area contributed by atoms with Crippen molar-refractivity contribution >= 4 is 17.0 Å². The Hall–Kier alpha value is -2.49. The van der Waals surface area contributed by atoms with Gasteiger partial charge in [0.2, 0.25) is 0 Å². The molecule has 4 heteroatoms. The molecule has 138 valence electrons. The Balaban J connectivity index is 2.14. The van der Waals surface area contributed by atoms with Crippen LogP contribution in [-0.2, 0) is 11.2 Å². The largest absolute Gasteiger partial charge is 0.489 e. The first-order chi connectivity index (χ1) is 12.4. The zero-order valence-electron chi connectivity index (χ0n) is 16.1. The van der Waals surface area contributed by atoms with Gasteiger partial charge in [0.15, 0.2) is 5.60 Å². The van der Waals surface area contributed by atoms with Gasteiger partial charge in [-0.25, -0.2) is 4.79 Å². The van der Waals surface area contributed by atoms with E-state index in [9.17, 15) is 4.79 Å². The van der Waals surface area contributed by atoms with Crippen LogP contribution in [-0.4, -0.2) is 12.2 Å². The van der Waals surface area contributed by atoms with Gasteiger partial charge >= 0.3 is 5.63 Å². The van der Waals surface area contributed by atoms with Crippen molar-refractivity contribution in [2.45, 2.75) is 53.1 Å². The Morgan fingerprint density at radius 2 is 2.08 bits per heavy atom. The van der Waals surface area contributed by atoms with Crippen molar-refractivity contribution in [3.8, 4) is 5.75 Å². The van der Waals surface area contributed by atoms with E-state index in [0.29, 0.717) is 12.2 Å². The van der Waals surface area contributed by atoms with Crippen molar-refractivity contribution in [3.05, 3.63) is 57.2 Å². The number of ether oxygens (including phenoxy) is 2. The molecule has 0 spiro atoms. The fourth-order valence-electron chi connectivity index (χ4n) is 3.12. The summed E-state index contributed by atoms with van der Waals surface area (Å²) < 4.78 is 17.8. The van der Waals surface area contributed by atoms with Gasteiger partial charge in [0.05, 0.1) is 5.39 Å². The van der Waals surface area contributed by atoms with Crippen LogP contribution < -0.4 is 10.4 Å². The van der Waals surface area contributed by atoms with E-state index in [2.05, 4.69) is 6.92 Å². The van der Waals surface area contributed by atoms with Gasteiger partial charge in [0, 0.05) is 11.6 Å². The van der Waals surface area contributed by atoms with Gasteiger partial charge in [-0.1, -0.05) is 19.4 Å². The molecule has 0 saturated carbocycles. The van der Waals surface area contributed by atoms with Gasteiger partial charge in [-0.15, -0.1) is 0 Å². The second-order valence-electron chi connectivity index (χ2n) is 7.24. The maximum absolute atomic E-state index is 11.9. The third-order valence-corrected chi connectivity index (χ3v) is 4.68. The Morgan fingerprint density at radius 3 is 2.77 bits per heavy atom. The summed E-state index contributed by atoms with van der Waals surface area (Å²) in [5.74, 6) is 1.55. The van der Waals surface area contributed by atoms with Gasteiger partial charge in [-0.05, 0) is 63.5 Å². The smallest absolute Gasteiger partial charge is 0.336 e. The molecule has 0 atom stereocenters. The number of hydrogen-bond donors (Lipinski definition) is 0. The van der Waals surface area contributed by atoms with E-state index in [1.165, 1.54) is 0 Å². The van der Waals surface area contributed by atoms with Gasteiger partial charge in [-0.2, -0.15) is 0 Å². The highest BCUT2D eigenvalue weighted by atomic mass is 16.5. The number of allylic oxidation sites excluding steroid dienone is 1. The predicted molar refractivity (Wildman–Crippen MR) is 105 cm³/mol. The molecular weight excluding hydrogens is 328 g/mol. The summed E-state index contributed by atoms with van der Waals surface area (Å²) >= 11 is 0. The Kier molecular flexibility index (Phi) is 4.94. The lowest BCUT2D eigenvalue weighted by molar-refractivity contribution is 0.0652. The summed E-state index contributed by atoms with van der Waals surface area (Å²) in [4.78, 5) is 11.9. The van der Waals surface area contributed by atoms with E-state index in [-0.39, 0.29) is 5.63 Å². The quantitative estimate of drug-likeness (QED) is 0.544. The lowest BCUT2D eigenvalue weighted by atomic mass is 9.96. The van der Waals surface area contributed by atoms with Crippen LogP contribution in [0.25, 0.3) is 17.0 Å². The van der Waals surface area contributed by atoms with Gasteiger partial charge in [-0.3, -0.25) is 0 Å². The molecule has 26 heavy (non-hydrogen) atoms. The Labute approximate surface area is 154 Å². The molecule has 0 unspecified atom stereocenters. The molecule has 0 saturated heterocycles. The molecule has 1 aliphatic rings. The summed E-state index contributed by atoms with van der Waals surface area (Å²) in [6, 6.07) is 5.33. The Morgan fingerprint density at radius 1 is 1.31 bits per heavy atom. The molecule has 1 aromatic carbocycles. The van der Waals surface area contributed by atoms with Crippen LogP contribution in [0.3, 0.4) is 0 Å². The van der Waals surface area contributed by atoms with Gasteiger partial charge < -0.3 is 13.9 Å². The predicted octanol–water partition coefficient (Wildman–Crippen LogP) is 5.24. The van der Waals surface area contributed by atoms with Crippen LogP contribution in [0, 0.1) is 0 Å². The number of hydrogen-bond acceptors (Lipinski definition) is 4. The summed E-state index contributed by atoms with van der Waals surface area (Å²) in [7, 11) is 0. The SMILES string of the molecule is CC=C(C)COC1=Cc2ccc3oc(=O)cc(CCC)c3c2OC1(C)C. The number of fused-ring (bicyclic) bond motifs is 3. The molecule has 0 radical (unpaired) electrons. The average molecular weight is 354 g/mol. The first kappa shape index (κ1) is 18.3. The number of rotatable bonds is 5. The van der Waals surface area contributed by atoms with E-state index in [0.717, 1.165) is 46.4 Å². The molecule has 3 rings (SSSR count). The summed E-state index contributed by atoms with van der Waals surface area (Å²) in [5.41, 5.74) is 2.72. The zero-order chi connectivity index (χ0) is 18.9. The molecule has 2 aromatic rings. The monoisotopic (exact) mass is 354 g/mol. The van der Waals surface area contributed by atoms with Crippen molar-refractivity contribution in [2.75, 3.05) is 6.61 Å². The van der Waals surface area contributed by atoms with E-state index in [1.54, 1.807) is 6.07 Å². The molecular formula is C22H26O4. The van der Waals surface area contributed by atoms with E-state index < -0.39 is 5.60 Å². The van der Waals surface area contributed by atoms with Crippen molar-refractivity contribution in [3.63, 3.8) is 0 Å².